The Bertz CT molecular complexity index is 1300. The molecule has 0 saturated heterocycles. The number of para-hydroxylation sites is 1. The SMILES string of the molecule is CC(C)NS(=O)(=O)c1cccc(C(=O)OCC(=O)c2cn(CCC#N)c3ccccc23)c1. The third-order valence-corrected chi connectivity index (χ3v) is 6.31. The number of esters is 1. The van der Waals surface area contributed by atoms with Crippen LogP contribution in [0.1, 0.15) is 41.0 Å². The Kier molecular flexibility index (Phi) is 7.08. The summed E-state index contributed by atoms with van der Waals surface area (Å²) in [5.74, 6) is -1.19. The highest BCUT2D eigenvalue weighted by atomic mass is 32.2. The molecule has 0 saturated carbocycles. The molecule has 32 heavy (non-hydrogen) atoms. The molecule has 0 fully saturated rings. The quantitative estimate of drug-likeness (QED) is 0.392. The topological polar surface area (TPSA) is 118 Å². The summed E-state index contributed by atoms with van der Waals surface area (Å²) in [5, 5.41) is 9.56. The molecule has 1 heterocycles. The van der Waals surface area contributed by atoms with Gasteiger partial charge in [-0.3, -0.25) is 4.79 Å². The van der Waals surface area contributed by atoms with Gasteiger partial charge in [-0.2, -0.15) is 5.26 Å². The normalized spacial score (nSPS) is 11.4. The van der Waals surface area contributed by atoms with Gasteiger partial charge in [-0.05, 0) is 38.1 Å². The summed E-state index contributed by atoms with van der Waals surface area (Å²) >= 11 is 0. The van der Waals surface area contributed by atoms with Crippen molar-refractivity contribution in [2.45, 2.75) is 37.8 Å². The Hall–Kier alpha value is -3.48. The number of carbonyl (C=O) groups is 2. The largest absolute Gasteiger partial charge is 0.454 e. The van der Waals surface area contributed by atoms with E-state index in [1.807, 2.05) is 16.7 Å². The minimum atomic E-state index is -3.77. The standard InChI is InChI=1S/C23H23N3O5S/c1-16(2)25-32(29,30)18-8-5-7-17(13-18)23(28)31-15-22(27)20-14-26(12-6-11-24)21-10-4-3-9-19(20)21/h3-5,7-10,13-14,16,25H,6,12,15H2,1-2H3. The Morgan fingerprint density at radius 2 is 1.91 bits per heavy atom. The van der Waals surface area contributed by atoms with Gasteiger partial charge in [0.25, 0.3) is 0 Å². The van der Waals surface area contributed by atoms with Crippen LogP contribution < -0.4 is 4.72 Å². The molecule has 0 bridgehead atoms. The lowest BCUT2D eigenvalue weighted by Gasteiger charge is -2.10. The molecular formula is C23H23N3O5S. The highest BCUT2D eigenvalue weighted by molar-refractivity contribution is 7.89. The molecule has 3 aromatic rings. The fourth-order valence-electron chi connectivity index (χ4n) is 3.29. The lowest BCUT2D eigenvalue weighted by Crippen LogP contribution is -2.30. The van der Waals surface area contributed by atoms with Gasteiger partial charge in [0, 0.05) is 35.2 Å². The number of rotatable bonds is 9. The van der Waals surface area contributed by atoms with Gasteiger partial charge in [-0.1, -0.05) is 24.3 Å². The van der Waals surface area contributed by atoms with Crippen molar-refractivity contribution in [1.29, 1.82) is 5.26 Å². The van der Waals surface area contributed by atoms with Crippen molar-refractivity contribution in [3.8, 4) is 6.07 Å². The molecule has 0 atom stereocenters. The molecule has 166 valence electrons. The van der Waals surface area contributed by atoms with Gasteiger partial charge in [-0.15, -0.1) is 0 Å². The average molecular weight is 454 g/mol. The summed E-state index contributed by atoms with van der Waals surface area (Å²) in [5.41, 5.74) is 1.23. The number of hydrogen-bond donors (Lipinski definition) is 1. The number of Topliss-reactive ketones (excluding diaryl/α,β-unsaturated/α-hetero) is 1. The zero-order valence-electron chi connectivity index (χ0n) is 17.7. The number of fused-ring (bicyclic) bond motifs is 1. The van der Waals surface area contributed by atoms with E-state index >= 15 is 0 Å². The number of aromatic nitrogens is 1. The summed E-state index contributed by atoms with van der Waals surface area (Å²) in [4.78, 5) is 25.2. The van der Waals surface area contributed by atoms with Gasteiger partial charge < -0.3 is 9.30 Å². The number of benzene rings is 2. The lowest BCUT2D eigenvalue weighted by molar-refractivity contribution is 0.0475. The van der Waals surface area contributed by atoms with Gasteiger partial charge in [0.15, 0.2) is 6.61 Å². The Labute approximate surface area is 186 Å². The minimum absolute atomic E-state index is 0.0286. The smallest absolute Gasteiger partial charge is 0.338 e. The summed E-state index contributed by atoms with van der Waals surface area (Å²) in [6.07, 6.45) is 1.95. The molecular weight excluding hydrogens is 430 g/mol. The molecule has 9 heteroatoms. The predicted octanol–water partition coefficient (Wildman–Crippen LogP) is 3.28. The van der Waals surface area contributed by atoms with E-state index in [4.69, 9.17) is 10.00 Å². The molecule has 0 aliphatic heterocycles. The Morgan fingerprint density at radius 1 is 1.16 bits per heavy atom. The highest BCUT2D eigenvalue weighted by Gasteiger charge is 2.20. The van der Waals surface area contributed by atoms with Crippen LogP contribution in [0.25, 0.3) is 10.9 Å². The number of sulfonamides is 1. The van der Waals surface area contributed by atoms with Crippen molar-refractivity contribution in [2.75, 3.05) is 6.61 Å². The third kappa shape index (κ3) is 5.22. The molecule has 0 unspecified atom stereocenters. The third-order valence-electron chi connectivity index (χ3n) is 4.66. The average Bonchev–Trinajstić information content (AvgIpc) is 3.14. The zero-order valence-corrected chi connectivity index (χ0v) is 18.6. The van der Waals surface area contributed by atoms with Crippen LogP contribution in [0.4, 0.5) is 0 Å². The molecule has 0 spiro atoms. The number of hydrogen-bond acceptors (Lipinski definition) is 6. The second-order valence-electron chi connectivity index (χ2n) is 7.46. The first-order valence-electron chi connectivity index (χ1n) is 10.0. The molecule has 1 aromatic heterocycles. The van der Waals surface area contributed by atoms with Gasteiger partial charge in [0.2, 0.25) is 15.8 Å². The number of nitrogens with zero attached hydrogens (tertiary/aromatic N) is 2. The summed E-state index contributed by atoms with van der Waals surface area (Å²) in [7, 11) is -3.77. The van der Waals surface area contributed by atoms with Crippen molar-refractivity contribution in [3.63, 3.8) is 0 Å². The zero-order chi connectivity index (χ0) is 23.3. The Morgan fingerprint density at radius 3 is 2.62 bits per heavy atom. The fourth-order valence-corrected chi connectivity index (χ4v) is 4.58. The van der Waals surface area contributed by atoms with Crippen LogP contribution in [0.2, 0.25) is 0 Å². The summed E-state index contributed by atoms with van der Waals surface area (Å²) < 4.78 is 34.1. The molecule has 8 nitrogen and oxygen atoms in total. The van der Waals surface area contributed by atoms with Gasteiger partial charge in [0.1, 0.15) is 0 Å². The second kappa shape index (κ2) is 9.77. The van der Waals surface area contributed by atoms with E-state index in [0.717, 1.165) is 5.52 Å². The molecule has 0 amide bonds. The number of nitrogens with one attached hydrogen (secondary N) is 1. The number of nitriles is 1. The number of aryl methyl sites for hydroxylation is 1. The molecule has 2 aromatic carbocycles. The van der Waals surface area contributed by atoms with E-state index in [9.17, 15) is 18.0 Å². The van der Waals surface area contributed by atoms with E-state index in [-0.39, 0.29) is 16.5 Å². The summed E-state index contributed by atoms with van der Waals surface area (Å²) in [6.45, 7) is 3.33. The lowest BCUT2D eigenvalue weighted by atomic mass is 10.1. The van der Waals surface area contributed by atoms with Crippen LogP contribution >= 0.6 is 0 Å². The number of ketones is 1. The van der Waals surface area contributed by atoms with Crippen LogP contribution in [-0.2, 0) is 21.3 Å². The monoisotopic (exact) mass is 453 g/mol. The molecule has 0 aliphatic rings. The van der Waals surface area contributed by atoms with Crippen molar-refractivity contribution >= 4 is 32.7 Å². The molecule has 3 rings (SSSR count). The molecule has 1 N–H and O–H groups in total. The van der Waals surface area contributed by atoms with Crippen LogP contribution in [0.15, 0.2) is 59.6 Å². The van der Waals surface area contributed by atoms with Crippen molar-refractivity contribution in [1.82, 2.24) is 9.29 Å². The number of ether oxygens (including phenoxy) is 1. The van der Waals surface area contributed by atoms with Crippen molar-refractivity contribution < 1.29 is 22.7 Å². The van der Waals surface area contributed by atoms with Gasteiger partial charge in [-0.25, -0.2) is 17.9 Å². The van der Waals surface area contributed by atoms with E-state index in [0.29, 0.717) is 23.9 Å². The van der Waals surface area contributed by atoms with Crippen LogP contribution in [0, 0.1) is 11.3 Å². The predicted molar refractivity (Wildman–Crippen MR) is 119 cm³/mol. The van der Waals surface area contributed by atoms with E-state index in [1.165, 1.54) is 24.3 Å². The van der Waals surface area contributed by atoms with Crippen LogP contribution in [0.3, 0.4) is 0 Å². The van der Waals surface area contributed by atoms with Gasteiger partial charge in [0.05, 0.1) is 22.9 Å². The first-order valence-corrected chi connectivity index (χ1v) is 11.5. The Balaban J connectivity index is 1.75. The van der Waals surface area contributed by atoms with Crippen molar-refractivity contribution in [2.24, 2.45) is 0 Å². The maximum Gasteiger partial charge on any atom is 0.338 e. The van der Waals surface area contributed by atoms with E-state index in [2.05, 4.69) is 10.8 Å². The minimum Gasteiger partial charge on any atom is -0.454 e. The first kappa shape index (κ1) is 23.2. The van der Waals surface area contributed by atoms with Crippen molar-refractivity contribution in [3.05, 3.63) is 65.9 Å². The fraction of sp³-hybridized carbons (Fsp3) is 0.261. The maximum absolute atomic E-state index is 12.8. The first-order chi connectivity index (χ1) is 15.2. The highest BCUT2D eigenvalue weighted by Crippen LogP contribution is 2.22. The van der Waals surface area contributed by atoms with Gasteiger partial charge >= 0.3 is 5.97 Å². The second-order valence-corrected chi connectivity index (χ2v) is 9.18. The maximum atomic E-state index is 12.8. The van der Waals surface area contributed by atoms with Crippen LogP contribution in [0.5, 0.6) is 0 Å². The summed E-state index contributed by atoms with van der Waals surface area (Å²) in [6, 6.07) is 14.5. The van der Waals surface area contributed by atoms with E-state index in [1.54, 1.807) is 32.2 Å². The molecule has 0 aliphatic carbocycles. The van der Waals surface area contributed by atoms with Crippen LogP contribution in [-0.4, -0.2) is 37.4 Å². The molecule has 0 radical (unpaired) electrons. The number of carbonyl (C=O) groups excluding carboxylic acids is 2. The van der Waals surface area contributed by atoms with E-state index < -0.39 is 28.4 Å².